The molecule has 6 aliphatic rings. The van der Waals surface area contributed by atoms with Crippen molar-refractivity contribution in [3.63, 3.8) is 0 Å². The fourth-order valence-corrected chi connectivity index (χ4v) is 11.4. The van der Waals surface area contributed by atoms with E-state index in [1.165, 1.54) is 40.0 Å². The van der Waals surface area contributed by atoms with Crippen LogP contribution in [0.25, 0.3) is 10.8 Å². The van der Waals surface area contributed by atoms with E-state index in [9.17, 15) is 61.0 Å². The van der Waals surface area contributed by atoms with E-state index in [-0.39, 0.29) is 71.7 Å². The van der Waals surface area contributed by atoms with Gasteiger partial charge in [-0.25, -0.2) is 0 Å². The molecule has 0 spiro atoms. The van der Waals surface area contributed by atoms with Gasteiger partial charge in [0.1, 0.15) is 66.1 Å². The minimum absolute atomic E-state index is 0.0664. The number of aromatic hydroxyl groups is 2. The molecular formula is C52H76O24. The van der Waals surface area contributed by atoms with Crippen molar-refractivity contribution in [1.82, 2.24) is 0 Å². The van der Waals surface area contributed by atoms with Crippen LogP contribution in [-0.4, -0.2) is 222 Å². The topological polar surface area (TPSA) is 358 Å². The zero-order chi connectivity index (χ0) is 55.6. The van der Waals surface area contributed by atoms with Gasteiger partial charge in [0, 0.05) is 50.5 Å². The minimum atomic E-state index is -1.96. The lowest BCUT2D eigenvalue weighted by Gasteiger charge is -2.46. The number of phenols is 2. The van der Waals surface area contributed by atoms with E-state index >= 15 is 4.79 Å². The normalized spacial score (nSPS) is 42.5. The van der Waals surface area contributed by atoms with Crippen molar-refractivity contribution in [2.24, 2.45) is 5.92 Å². The summed E-state index contributed by atoms with van der Waals surface area (Å²) in [4.78, 5) is 29.0. The molecule has 5 aliphatic heterocycles. The highest BCUT2D eigenvalue weighted by Crippen LogP contribution is 2.48. The monoisotopic (exact) mass is 1080 g/mol. The Morgan fingerprint density at radius 3 is 1.80 bits per heavy atom. The number of ether oxygens (including phenoxy) is 11. The number of phenolic OH excluding ortho intramolecular Hbond substituents is 2. The molecule has 25 atom stereocenters. The minimum Gasteiger partial charge on any atom is -0.507 e. The first kappa shape index (κ1) is 58.8. The van der Waals surface area contributed by atoms with Crippen LogP contribution in [0, 0.1) is 12.8 Å². The van der Waals surface area contributed by atoms with Gasteiger partial charge < -0.3 is 108 Å². The summed E-state index contributed by atoms with van der Waals surface area (Å²) in [7, 11) is 1.18. The molecule has 2 aromatic carbocycles. The van der Waals surface area contributed by atoms with Gasteiger partial charge in [-0.15, -0.1) is 0 Å². The lowest BCUT2D eigenvalue weighted by molar-refractivity contribution is -0.337. The van der Waals surface area contributed by atoms with Gasteiger partial charge in [0.25, 0.3) is 0 Å². The molecular weight excluding hydrogens is 1010 g/mol. The van der Waals surface area contributed by atoms with E-state index < -0.39 is 176 Å². The second-order valence-electron chi connectivity index (χ2n) is 21.7. The molecule has 5 fully saturated rings. The molecule has 1 aliphatic carbocycles. The zero-order valence-electron chi connectivity index (χ0n) is 44.0. The zero-order valence-corrected chi connectivity index (χ0v) is 44.0. The van der Waals surface area contributed by atoms with E-state index in [0.717, 1.165) is 0 Å². The van der Waals surface area contributed by atoms with Crippen molar-refractivity contribution in [3.05, 3.63) is 28.8 Å². The molecule has 24 heteroatoms. The summed E-state index contributed by atoms with van der Waals surface area (Å²) in [5.41, 5.74) is -1.42. The molecule has 2 aromatic rings. The molecule has 0 saturated carbocycles. The Morgan fingerprint density at radius 1 is 0.697 bits per heavy atom. The predicted octanol–water partition coefficient (Wildman–Crippen LogP) is -0.249. The fourth-order valence-electron chi connectivity index (χ4n) is 11.4. The third-order valence-electron chi connectivity index (χ3n) is 15.8. The van der Waals surface area contributed by atoms with Crippen molar-refractivity contribution >= 4 is 22.3 Å². The van der Waals surface area contributed by atoms with Gasteiger partial charge in [-0.2, -0.15) is 0 Å². The SMILES string of the molecule is COC(C(=O)C(O)C(C)O)C1Cc2cc3c(OC4CC(OC5CC(O)C(O)C(C)O5)C(O)C(C)O4)cc(C)c(O)c3c(O)c2C(=O)C1OC1CC(OC2CC(O)C(OC3CC(C)(O)C(O)C(C)O3)C(C)O2)C(O)C(C)O1. The number of aliphatic hydroxyl groups is 9. The predicted molar refractivity (Wildman–Crippen MR) is 259 cm³/mol. The second-order valence-corrected chi connectivity index (χ2v) is 21.7. The first-order chi connectivity index (χ1) is 35.7. The van der Waals surface area contributed by atoms with E-state index in [1.807, 2.05) is 0 Å². The van der Waals surface area contributed by atoms with Gasteiger partial charge in [0.15, 0.2) is 36.7 Å². The number of benzene rings is 2. The summed E-state index contributed by atoms with van der Waals surface area (Å²) in [5, 5.41) is 120. The highest BCUT2D eigenvalue weighted by molar-refractivity contribution is 6.12. The number of rotatable bonds is 15. The van der Waals surface area contributed by atoms with Crippen LogP contribution in [0.15, 0.2) is 12.1 Å². The molecule has 5 saturated heterocycles. The number of carbonyl (C=O) groups is 2. The Morgan fingerprint density at radius 2 is 1.24 bits per heavy atom. The largest absolute Gasteiger partial charge is 0.507 e. The van der Waals surface area contributed by atoms with Crippen molar-refractivity contribution in [1.29, 1.82) is 0 Å². The van der Waals surface area contributed by atoms with Crippen LogP contribution in [0.3, 0.4) is 0 Å². The molecule has 24 nitrogen and oxygen atoms in total. The maximum atomic E-state index is 15.1. The Labute approximate surface area is 439 Å². The first-order valence-corrected chi connectivity index (χ1v) is 26.0. The maximum absolute atomic E-state index is 15.1. The second kappa shape index (κ2) is 23.4. The fraction of sp³-hybridized carbons (Fsp3) is 0.769. The van der Waals surface area contributed by atoms with Crippen LogP contribution >= 0.6 is 0 Å². The average Bonchev–Trinajstić information content (AvgIpc) is 3.38. The lowest BCUT2D eigenvalue weighted by Crippen LogP contribution is -2.58. The first-order valence-electron chi connectivity index (χ1n) is 26.0. The molecule has 5 heterocycles. The number of hydrogen-bond donors (Lipinski definition) is 11. The summed E-state index contributed by atoms with van der Waals surface area (Å²) >= 11 is 0. The molecule has 0 bridgehead atoms. The number of Topliss-reactive ketones (excluding diaryl/α,β-unsaturated/α-hetero) is 2. The number of ketones is 2. The molecule has 0 amide bonds. The van der Waals surface area contributed by atoms with Gasteiger partial charge in [0.05, 0.1) is 77.6 Å². The third kappa shape index (κ3) is 11.9. The highest BCUT2D eigenvalue weighted by atomic mass is 16.7. The molecule has 428 valence electrons. The van der Waals surface area contributed by atoms with Gasteiger partial charge in [-0.3, -0.25) is 9.59 Å². The Bertz CT molecular complexity index is 2340. The molecule has 25 unspecified atom stereocenters. The van der Waals surface area contributed by atoms with Gasteiger partial charge in [-0.1, -0.05) is 0 Å². The number of aliphatic hydroxyl groups excluding tert-OH is 8. The molecule has 11 N–H and O–H groups in total. The molecule has 0 radical (unpaired) electrons. The molecule has 0 aromatic heterocycles. The van der Waals surface area contributed by atoms with Crippen LogP contribution in [0.2, 0.25) is 0 Å². The van der Waals surface area contributed by atoms with Crippen LogP contribution in [0.1, 0.15) is 102 Å². The van der Waals surface area contributed by atoms with E-state index in [4.69, 9.17) is 52.1 Å². The average molecular weight is 1090 g/mol. The van der Waals surface area contributed by atoms with Crippen molar-refractivity contribution in [2.75, 3.05) is 7.11 Å². The summed E-state index contributed by atoms with van der Waals surface area (Å²) < 4.78 is 66.7. The number of methoxy groups -OCH3 is 1. The number of aryl methyl sites for hydroxylation is 1. The van der Waals surface area contributed by atoms with Crippen LogP contribution in [-0.2, 0) is 58.6 Å². The van der Waals surface area contributed by atoms with Crippen LogP contribution in [0.5, 0.6) is 17.2 Å². The molecule has 8 rings (SSSR count). The van der Waals surface area contributed by atoms with Crippen molar-refractivity contribution in [2.45, 2.75) is 241 Å². The van der Waals surface area contributed by atoms with Crippen molar-refractivity contribution in [3.8, 4) is 17.2 Å². The van der Waals surface area contributed by atoms with E-state index in [2.05, 4.69) is 0 Å². The third-order valence-corrected chi connectivity index (χ3v) is 15.8. The van der Waals surface area contributed by atoms with E-state index in [0.29, 0.717) is 0 Å². The van der Waals surface area contributed by atoms with Gasteiger partial charge in [-0.05, 0) is 85.1 Å². The van der Waals surface area contributed by atoms with Crippen molar-refractivity contribution < 1.29 is 118 Å². The summed E-state index contributed by atoms with van der Waals surface area (Å²) in [6.45, 7) is 12.1. The Kier molecular flexibility index (Phi) is 18.1. The Balaban J connectivity index is 1.05. The smallest absolute Gasteiger partial charge is 0.202 e. The number of hydrogen-bond acceptors (Lipinski definition) is 24. The highest BCUT2D eigenvalue weighted by Gasteiger charge is 2.52. The van der Waals surface area contributed by atoms with Gasteiger partial charge >= 0.3 is 0 Å². The Hall–Kier alpha value is -3.32. The van der Waals surface area contributed by atoms with Gasteiger partial charge in [0.2, 0.25) is 6.29 Å². The summed E-state index contributed by atoms with van der Waals surface area (Å²) in [5.74, 6) is -4.12. The quantitative estimate of drug-likeness (QED) is 0.110. The van der Waals surface area contributed by atoms with Crippen LogP contribution < -0.4 is 4.74 Å². The number of fused-ring (bicyclic) bond motifs is 2. The lowest BCUT2D eigenvalue weighted by atomic mass is 9.74. The van der Waals surface area contributed by atoms with E-state index in [1.54, 1.807) is 34.6 Å². The summed E-state index contributed by atoms with van der Waals surface area (Å²) in [6, 6.07) is 2.98. The molecule has 76 heavy (non-hydrogen) atoms. The standard InChI is InChI=1S/C52H76O24/c1-18-10-30(72-35-15-31(43(59)21(4)68-35)73-33-13-28(54)42(58)20(3)67-33)26-11-25-12-27(49(66-9)47(63)41(57)19(2)53)50(46(62)38(25)45(61)39(26)40(18)56)75-36-16-32(44(60)22(5)69-36)74-34-14-29(55)48(23(6)70-34)76-37-17-52(8,65)51(64)24(7)71-37/h10-11,19-24,27-29,31-37,41-44,48-51,53-61,64-65H,12-17H2,1-9H3. The summed E-state index contributed by atoms with van der Waals surface area (Å²) in [6.07, 6.45) is -27.3. The van der Waals surface area contributed by atoms with Crippen LogP contribution in [0.4, 0.5) is 0 Å². The number of carbonyl (C=O) groups excluding carboxylic acids is 2. The maximum Gasteiger partial charge on any atom is 0.202 e.